The highest BCUT2D eigenvalue weighted by Gasteiger charge is 2.05. The van der Waals surface area contributed by atoms with E-state index >= 15 is 0 Å². The van der Waals surface area contributed by atoms with Gasteiger partial charge in [-0.2, -0.15) is 0 Å². The first kappa shape index (κ1) is 15.3. The van der Waals surface area contributed by atoms with Crippen LogP contribution in [0.4, 0.5) is 0 Å². The zero-order valence-electron chi connectivity index (χ0n) is 9.91. The molecule has 0 amide bonds. The lowest BCUT2D eigenvalue weighted by Gasteiger charge is -2.04. The molecule has 0 aliphatic heterocycles. The first-order chi connectivity index (χ1) is 8.77. The lowest BCUT2D eigenvalue weighted by molar-refractivity contribution is 0.104. The van der Waals surface area contributed by atoms with Crippen LogP contribution < -0.4 is 0 Å². The van der Waals surface area contributed by atoms with E-state index in [0.717, 1.165) is 4.24 Å². The molecule has 0 fully saturated rings. The summed E-state index contributed by atoms with van der Waals surface area (Å²) in [4.78, 5) is 12.0. The van der Waals surface area contributed by atoms with Crippen molar-refractivity contribution >= 4 is 29.3 Å². The summed E-state index contributed by atoms with van der Waals surface area (Å²) < 4.78 is 0.826. The summed E-state index contributed by atoms with van der Waals surface area (Å²) in [7, 11) is 0. The van der Waals surface area contributed by atoms with Crippen molar-refractivity contribution in [3.63, 3.8) is 0 Å². The standard InChI is InChI=1S/C13H16O3S2/c14-6-8-17-13(18-9-7-15)10-12(16)11-4-2-1-3-5-11/h1-5,10,14-15H,6-9H2. The molecule has 0 saturated carbocycles. The Kier molecular flexibility index (Phi) is 7.84. The molecule has 0 saturated heterocycles. The molecule has 0 aliphatic carbocycles. The number of carbonyl (C=O) groups is 1. The van der Waals surface area contributed by atoms with E-state index in [-0.39, 0.29) is 19.0 Å². The van der Waals surface area contributed by atoms with Gasteiger partial charge in [-0.25, -0.2) is 0 Å². The Balaban J connectivity index is 2.70. The number of benzene rings is 1. The highest BCUT2D eigenvalue weighted by atomic mass is 32.2. The fraction of sp³-hybridized carbons (Fsp3) is 0.308. The molecule has 2 N–H and O–H groups in total. The number of hydrogen-bond donors (Lipinski definition) is 2. The number of ketones is 1. The zero-order chi connectivity index (χ0) is 13.2. The van der Waals surface area contributed by atoms with Gasteiger partial charge in [0.05, 0.1) is 13.2 Å². The quantitative estimate of drug-likeness (QED) is 0.566. The molecule has 5 heteroatoms. The van der Waals surface area contributed by atoms with Gasteiger partial charge in [-0.05, 0) is 0 Å². The third-order valence-electron chi connectivity index (χ3n) is 1.98. The molecule has 0 aliphatic rings. The molecule has 18 heavy (non-hydrogen) atoms. The summed E-state index contributed by atoms with van der Waals surface area (Å²) in [6.07, 6.45) is 1.57. The maximum absolute atomic E-state index is 12.0. The molecular formula is C13H16O3S2. The Morgan fingerprint density at radius 1 is 1.06 bits per heavy atom. The van der Waals surface area contributed by atoms with Crippen LogP contribution >= 0.6 is 23.5 Å². The molecule has 1 aromatic rings. The average molecular weight is 284 g/mol. The molecule has 0 spiro atoms. The van der Waals surface area contributed by atoms with Crippen LogP contribution in [0.25, 0.3) is 0 Å². The zero-order valence-corrected chi connectivity index (χ0v) is 11.5. The second kappa shape index (κ2) is 9.22. The van der Waals surface area contributed by atoms with Gasteiger partial charge >= 0.3 is 0 Å². The van der Waals surface area contributed by atoms with Gasteiger partial charge in [0.25, 0.3) is 0 Å². The highest BCUT2D eigenvalue weighted by Crippen LogP contribution is 2.28. The van der Waals surface area contributed by atoms with Crippen LogP contribution in [0, 0.1) is 0 Å². The third-order valence-corrected chi connectivity index (χ3v) is 4.26. The Bertz CT molecular complexity index is 380. The molecule has 0 radical (unpaired) electrons. The fourth-order valence-corrected chi connectivity index (χ4v) is 3.01. The van der Waals surface area contributed by atoms with Crippen LogP contribution in [0.15, 0.2) is 40.6 Å². The van der Waals surface area contributed by atoms with Gasteiger partial charge < -0.3 is 10.2 Å². The number of aliphatic hydroxyl groups is 2. The number of rotatable bonds is 8. The summed E-state index contributed by atoms with van der Waals surface area (Å²) in [6, 6.07) is 9.04. The topological polar surface area (TPSA) is 57.5 Å². The van der Waals surface area contributed by atoms with E-state index in [2.05, 4.69) is 0 Å². The van der Waals surface area contributed by atoms with Gasteiger partial charge in [-0.3, -0.25) is 4.79 Å². The minimum atomic E-state index is -0.0542. The molecular weight excluding hydrogens is 268 g/mol. The van der Waals surface area contributed by atoms with Crippen LogP contribution in [-0.4, -0.2) is 40.7 Å². The molecule has 1 rings (SSSR count). The normalized spacial score (nSPS) is 10.1. The second-order valence-electron chi connectivity index (χ2n) is 3.34. The van der Waals surface area contributed by atoms with E-state index in [0.29, 0.717) is 17.1 Å². The van der Waals surface area contributed by atoms with Gasteiger partial charge in [-0.1, -0.05) is 30.3 Å². The van der Waals surface area contributed by atoms with Crippen LogP contribution in [0.5, 0.6) is 0 Å². The van der Waals surface area contributed by atoms with Crippen molar-refractivity contribution < 1.29 is 15.0 Å². The summed E-state index contributed by atoms with van der Waals surface area (Å²) in [5.41, 5.74) is 0.643. The number of hydrogen-bond acceptors (Lipinski definition) is 5. The second-order valence-corrected chi connectivity index (χ2v) is 5.87. The number of thioether (sulfide) groups is 2. The molecule has 0 unspecified atom stereocenters. The van der Waals surface area contributed by atoms with Crippen molar-refractivity contribution in [1.29, 1.82) is 0 Å². The van der Waals surface area contributed by atoms with E-state index in [1.807, 2.05) is 18.2 Å². The Labute approximate surface area is 115 Å². The van der Waals surface area contributed by atoms with E-state index in [1.165, 1.54) is 23.5 Å². The van der Waals surface area contributed by atoms with E-state index in [1.54, 1.807) is 18.2 Å². The van der Waals surface area contributed by atoms with Crippen LogP contribution in [0.3, 0.4) is 0 Å². The van der Waals surface area contributed by atoms with Crippen molar-refractivity contribution in [2.45, 2.75) is 0 Å². The predicted molar refractivity (Wildman–Crippen MR) is 77.9 cm³/mol. The Hall–Kier alpha value is -0.750. The summed E-state index contributed by atoms with van der Waals surface area (Å²) in [5.74, 6) is 1.04. The molecule has 0 aromatic heterocycles. The smallest absolute Gasteiger partial charge is 0.187 e. The van der Waals surface area contributed by atoms with Crippen LogP contribution in [0.2, 0.25) is 0 Å². The largest absolute Gasteiger partial charge is 0.396 e. The molecule has 0 heterocycles. The van der Waals surface area contributed by atoms with Crippen molar-refractivity contribution in [2.75, 3.05) is 24.7 Å². The van der Waals surface area contributed by atoms with Gasteiger partial charge in [-0.15, -0.1) is 23.5 Å². The first-order valence-corrected chi connectivity index (χ1v) is 7.53. The van der Waals surface area contributed by atoms with Crippen molar-refractivity contribution in [2.24, 2.45) is 0 Å². The maximum atomic E-state index is 12.0. The average Bonchev–Trinajstić information content (AvgIpc) is 2.42. The van der Waals surface area contributed by atoms with E-state index in [4.69, 9.17) is 10.2 Å². The predicted octanol–water partition coefficient (Wildman–Crippen LogP) is 2.16. The van der Waals surface area contributed by atoms with Gasteiger partial charge in [0.2, 0.25) is 0 Å². The van der Waals surface area contributed by atoms with Crippen LogP contribution in [0.1, 0.15) is 10.4 Å². The molecule has 3 nitrogen and oxygen atoms in total. The van der Waals surface area contributed by atoms with E-state index in [9.17, 15) is 4.79 Å². The summed E-state index contributed by atoms with van der Waals surface area (Å²) in [5, 5.41) is 17.6. The van der Waals surface area contributed by atoms with Gasteiger partial charge in [0.1, 0.15) is 0 Å². The highest BCUT2D eigenvalue weighted by molar-refractivity contribution is 8.22. The van der Waals surface area contributed by atoms with Crippen LogP contribution in [-0.2, 0) is 0 Å². The lowest BCUT2D eigenvalue weighted by atomic mass is 10.1. The van der Waals surface area contributed by atoms with Gasteiger partial charge in [0.15, 0.2) is 5.78 Å². The molecule has 1 aromatic carbocycles. The third kappa shape index (κ3) is 5.73. The Morgan fingerprint density at radius 3 is 2.11 bits per heavy atom. The number of allylic oxidation sites excluding steroid dienone is 1. The Morgan fingerprint density at radius 2 is 1.61 bits per heavy atom. The lowest BCUT2D eigenvalue weighted by Crippen LogP contribution is -1.96. The molecule has 98 valence electrons. The van der Waals surface area contributed by atoms with Gasteiger partial charge in [0, 0.05) is 27.4 Å². The number of aliphatic hydroxyl groups excluding tert-OH is 2. The monoisotopic (exact) mass is 284 g/mol. The first-order valence-electron chi connectivity index (χ1n) is 5.56. The molecule has 0 bridgehead atoms. The maximum Gasteiger partial charge on any atom is 0.187 e. The SMILES string of the molecule is O=C(C=C(SCCO)SCCO)c1ccccc1. The van der Waals surface area contributed by atoms with Crippen molar-refractivity contribution in [3.05, 3.63) is 46.2 Å². The summed E-state index contributed by atoms with van der Waals surface area (Å²) >= 11 is 2.85. The van der Waals surface area contributed by atoms with E-state index < -0.39 is 0 Å². The number of carbonyl (C=O) groups excluding carboxylic acids is 1. The summed E-state index contributed by atoms with van der Waals surface area (Å²) in [6.45, 7) is 0.141. The fourth-order valence-electron chi connectivity index (χ4n) is 1.21. The minimum absolute atomic E-state index is 0.0542. The van der Waals surface area contributed by atoms with Crippen molar-refractivity contribution in [1.82, 2.24) is 0 Å². The van der Waals surface area contributed by atoms with Crippen molar-refractivity contribution in [3.8, 4) is 0 Å². The minimum Gasteiger partial charge on any atom is -0.396 e. The molecule has 0 atom stereocenters.